The topological polar surface area (TPSA) is 64.2 Å². The Hall–Kier alpha value is -2.35. The monoisotopic (exact) mass is 247 g/mol. The van der Waals surface area contributed by atoms with Crippen LogP contribution in [0.5, 0.6) is 0 Å². The molecular weight excluding hydrogens is 237 g/mol. The van der Waals surface area contributed by atoms with E-state index >= 15 is 0 Å². The number of hydrogen-bond donors (Lipinski definition) is 2. The standard InChI is InChI=1S/C15H10BNO2/c17-9-10-5-6-12-8-11-3-1-2-4-13(11)15(16(18)19)14(12)7-10/h1-8,18-19H. The Morgan fingerprint density at radius 2 is 1.63 bits per heavy atom. The van der Waals surface area contributed by atoms with Gasteiger partial charge in [0.15, 0.2) is 0 Å². The van der Waals surface area contributed by atoms with E-state index in [1.165, 1.54) is 0 Å². The van der Waals surface area contributed by atoms with Crippen molar-refractivity contribution < 1.29 is 10.0 Å². The van der Waals surface area contributed by atoms with Crippen molar-refractivity contribution in [3.63, 3.8) is 0 Å². The Labute approximate surface area is 110 Å². The van der Waals surface area contributed by atoms with E-state index in [0.29, 0.717) is 16.4 Å². The van der Waals surface area contributed by atoms with Gasteiger partial charge in [-0.05, 0) is 45.2 Å². The summed E-state index contributed by atoms with van der Waals surface area (Å²) >= 11 is 0. The molecule has 0 unspecified atom stereocenters. The van der Waals surface area contributed by atoms with Crippen molar-refractivity contribution in [1.29, 1.82) is 5.26 Å². The first-order valence-corrected chi connectivity index (χ1v) is 5.92. The van der Waals surface area contributed by atoms with Crippen LogP contribution in [0.25, 0.3) is 21.5 Å². The number of rotatable bonds is 1. The van der Waals surface area contributed by atoms with Gasteiger partial charge in [-0.25, -0.2) is 0 Å². The van der Waals surface area contributed by atoms with Crippen molar-refractivity contribution in [2.75, 3.05) is 0 Å². The van der Waals surface area contributed by atoms with Gasteiger partial charge < -0.3 is 10.0 Å². The normalized spacial score (nSPS) is 10.6. The van der Waals surface area contributed by atoms with Gasteiger partial charge in [-0.15, -0.1) is 0 Å². The molecule has 3 rings (SSSR count). The number of hydrogen-bond acceptors (Lipinski definition) is 3. The average molecular weight is 247 g/mol. The summed E-state index contributed by atoms with van der Waals surface area (Å²) in [5.41, 5.74) is 0.954. The zero-order chi connectivity index (χ0) is 13.4. The maximum Gasteiger partial charge on any atom is 0.489 e. The molecule has 0 heterocycles. The maximum absolute atomic E-state index is 9.66. The van der Waals surface area contributed by atoms with Crippen LogP contribution in [-0.2, 0) is 0 Å². The molecule has 3 aromatic carbocycles. The van der Waals surface area contributed by atoms with Crippen molar-refractivity contribution in [3.8, 4) is 6.07 Å². The predicted octanol–water partition coefficient (Wildman–Crippen LogP) is 1.54. The lowest BCUT2D eigenvalue weighted by molar-refractivity contribution is 0.426. The van der Waals surface area contributed by atoms with Gasteiger partial charge in [-0.1, -0.05) is 30.3 Å². The molecule has 0 spiro atoms. The minimum Gasteiger partial charge on any atom is -0.423 e. The van der Waals surface area contributed by atoms with Gasteiger partial charge in [0.25, 0.3) is 0 Å². The van der Waals surface area contributed by atoms with Gasteiger partial charge in [0.05, 0.1) is 11.6 Å². The Morgan fingerprint density at radius 3 is 2.37 bits per heavy atom. The van der Waals surface area contributed by atoms with Crippen LogP contribution in [0.2, 0.25) is 0 Å². The Kier molecular flexibility index (Phi) is 2.71. The lowest BCUT2D eigenvalue weighted by Gasteiger charge is -2.11. The third kappa shape index (κ3) is 1.86. The second-order valence-corrected chi connectivity index (χ2v) is 4.43. The fraction of sp³-hybridized carbons (Fsp3) is 0. The van der Waals surface area contributed by atoms with E-state index in [4.69, 9.17) is 5.26 Å². The van der Waals surface area contributed by atoms with Crippen LogP contribution in [0.15, 0.2) is 48.5 Å². The quantitative estimate of drug-likeness (QED) is 0.506. The second-order valence-electron chi connectivity index (χ2n) is 4.43. The first-order valence-electron chi connectivity index (χ1n) is 5.92. The number of nitrogens with zero attached hydrogens (tertiary/aromatic N) is 1. The third-order valence-electron chi connectivity index (χ3n) is 3.29. The molecular formula is C15H10BNO2. The fourth-order valence-corrected chi connectivity index (χ4v) is 2.44. The Bertz CT molecular complexity index is 821. The van der Waals surface area contributed by atoms with E-state index in [9.17, 15) is 10.0 Å². The molecule has 0 aliphatic heterocycles. The van der Waals surface area contributed by atoms with Crippen molar-refractivity contribution in [3.05, 3.63) is 54.1 Å². The number of fused-ring (bicyclic) bond motifs is 2. The van der Waals surface area contributed by atoms with Crippen LogP contribution >= 0.6 is 0 Å². The van der Waals surface area contributed by atoms with Gasteiger partial charge in [0.2, 0.25) is 0 Å². The molecule has 0 bridgehead atoms. The zero-order valence-electron chi connectivity index (χ0n) is 10.0. The average Bonchev–Trinajstić information content (AvgIpc) is 2.43. The predicted molar refractivity (Wildman–Crippen MR) is 76.0 cm³/mol. The summed E-state index contributed by atoms with van der Waals surface area (Å²) in [4.78, 5) is 0. The van der Waals surface area contributed by atoms with Crippen LogP contribution in [-0.4, -0.2) is 17.2 Å². The van der Waals surface area contributed by atoms with Gasteiger partial charge >= 0.3 is 7.12 Å². The van der Waals surface area contributed by atoms with Crippen molar-refractivity contribution in [2.24, 2.45) is 0 Å². The fourth-order valence-electron chi connectivity index (χ4n) is 2.44. The first-order chi connectivity index (χ1) is 9.20. The van der Waals surface area contributed by atoms with E-state index in [1.54, 1.807) is 12.1 Å². The lowest BCUT2D eigenvalue weighted by atomic mass is 9.74. The summed E-state index contributed by atoms with van der Waals surface area (Å²) in [6.45, 7) is 0. The molecule has 0 amide bonds. The molecule has 3 aromatic rings. The van der Waals surface area contributed by atoms with Crippen LogP contribution in [0.4, 0.5) is 0 Å². The molecule has 19 heavy (non-hydrogen) atoms. The minimum atomic E-state index is -1.57. The molecule has 90 valence electrons. The van der Waals surface area contributed by atoms with E-state index < -0.39 is 7.12 Å². The SMILES string of the molecule is N#Cc1ccc2cc3ccccc3c(B(O)O)c2c1. The summed E-state index contributed by atoms with van der Waals surface area (Å²) in [6, 6.07) is 16.8. The molecule has 0 aromatic heterocycles. The van der Waals surface area contributed by atoms with Crippen LogP contribution in [0.1, 0.15) is 5.56 Å². The lowest BCUT2D eigenvalue weighted by Crippen LogP contribution is -2.31. The van der Waals surface area contributed by atoms with Crippen LogP contribution in [0.3, 0.4) is 0 Å². The highest BCUT2D eigenvalue weighted by molar-refractivity contribution is 6.65. The third-order valence-corrected chi connectivity index (χ3v) is 3.29. The smallest absolute Gasteiger partial charge is 0.423 e. The largest absolute Gasteiger partial charge is 0.489 e. The number of nitriles is 1. The Morgan fingerprint density at radius 1 is 0.895 bits per heavy atom. The van der Waals surface area contributed by atoms with Gasteiger partial charge in [0, 0.05) is 0 Å². The zero-order valence-corrected chi connectivity index (χ0v) is 10.0. The second kappa shape index (κ2) is 4.40. The minimum absolute atomic E-state index is 0.449. The highest BCUT2D eigenvalue weighted by Crippen LogP contribution is 2.22. The molecule has 0 aliphatic rings. The maximum atomic E-state index is 9.66. The first kappa shape index (κ1) is 11.7. The molecule has 0 fully saturated rings. The van der Waals surface area contributed by atoms with Crippen molar-refractivity contribution >= 4 is 34.1 Å². The van der Waals surface area contributed by atoms with Crippen LogP contribution in [0, 0.1) is 11.3 Å². The molecule has 0 atom stereocenters. The molecule has 0 saturated heterocycles. The highest BCUT2D eigenvalue weighted by atomic mass is 16.4. The molecule has 2 N–H and O–H groups in total. The van der Waals surface area contributed by atoms with Gasteiger partial charge in [-0.2, -0.15) is 5.26 Å². The van der Waals surface area contributed by atoms with Crippen molar-refractivity contribution in [2.45, 2.75) is 0 Å². The van der Waals surface area contributed by atoms with Crippen molar-refractivity contribution in [1.82, 2.24) is 0 Å². The molecule has 0 saturated carbocycles. The Balaban J connectivity index is 2.53. The summed E-state index contributed by atoms with van der Waals surface area (Å²) in [7, 11) is -1.57. The van der Waals surface area contributed by atoms with E-state index in [-0.39, 0.29) is 0 Å². The van der Waals surface area contributed by atoms with Gasteiger partial charge in [-0.3, -0.25) is 0 Å². The molecule has 0 aliphatic carbocycles. The molecule has 4 heteroatoms. The number of benzene rings is 3. The summed E-state index contributed by atoms with van der Waals surface area (Å²) in [5.74, 6) is 0. The van der Waals surface area contributed by atoms with Gasteiger partial charge in [0.1, 0.15) is 0 Å². The van der Waals surface area contributed by atoms with E-state index in [1.807, 2.05) is 36.4 Å². The van der Waals surface area contributed by atoms with Crippen LogP contribution < -0.4 is 5.46 Å². The van der Waals surface area contributed by atoms with E-state index in [0.717, 1.165) is 16.2 Å². The highest BCUT2D eigenvalue weighted by Gasteiger charge is 2.18. The summed E-state index contributed by atoms with van der Waals surface area (Å²) < 4.78 is 0. The van der Waals surface area contributed by atoms with E-state index in [2.05, 4.69) is 6.07 Å². The molecule has 3 nitrogen and oxygen atoms in total. The summed E-state index contributed by atoms with van der Waals surface area (Å²) in [6.07, 6.45) is 0. The summed E-state index contributed by atoms with van der Waals surface area (Å²) in [5, 5.41) is 31.6. The molecule has 0 radical (unpaired) electrons.